The second-order valence-electron chi connectivity index (χ2n) is 7.45. The zero-order chi connectivity index (χ0) is 19.2. The number of imidazole rings is 1. The number of likely N-dealkylation sites (tertiary alicyclic amines) is 1. The minimum Gasteiger partial charge on any atom is -0.366 e. The highest BCUT2D eigenvalue weighted by Crippen LogP contribution is 2.38. The number of nitriles is 1. The van der Waals surface area contributed by atoms with Crippen LogP contribution in [-0.2, 0) is 5.41 Å². The van der Waals surface area contributed by atoms with Crippen molar-refractivity contribution in [3.63, 3.8) is 0 Å². The molecule has 1 aliphatic rings. The number of benzene rings is 1. The van der Waals surface area contributed by atoms with Gasteiger partial charge in [-0.3, -0.25) is 9.89 Å². The van der Waals surface area contributed by atoms with Crippen molar-refractivity contribution in [1.29, 1.82) is 5.26 Å². The summed E-state index contributed by atoms with van der Waals surface area (Å²) in [5, 5.41) is 11.9. The van der Waals surface area contributed by atoms with Gasteiger partial charge in [-0.25, -0.2) is 13.9 Å². The number of primary amides is 1. The Labute approximate surface area is 155 Å². The number of amides is 1. The van der Waals surface area contributed by atoms with E-state index in [1.165, 1.54) is 6.07 Å². The SMILES string of the molecule is CC1(c2c[nH]n3c2nc2cc(F)cc(C(N)=O)c23)CCN(CCC#N)CC1. The Hall–Kier alpha value is -2.92. The number of piperidine rings is 1. The van der Waals surface area contributed by atoms with Crippen molar-refractivity contribution in [2.24, 2.45) is 5.73 Å². The highest BCUT2D eigenvalue weighted by Gasteiger charge is 2.35. The second-order valence-corrected chi connectivity index (χ2v) is 7.45. The molecular weight excluding hydrogens is 347 g/mol. The molecule has 1 saturated heterocycles. The smallest absolute Gasteiger partial charge is 0.251 e. The van der Waals surface area contributed by atoms with Crippen molar-refractivity contribution in [2.45, 2.75) is 31.6 Å². The highest BCUT2D eigenvalue weighted by atomic mass is 19.1. The standard InChI is InChI=1S/C19H21FN6O/c1-19(3-7-25(8-4-19)6-2-5-21)14-11-23-26-16-13(17(22)27)9-12(20)10-15(16)24-18(14)26/h9-11,23H,2-4,6-8H2,1H3,(H2,22,27). The summed E-state index contributed by atoms with van der Waals surface area (Å²) in [6, 6.07) is 4.66. The van der Waals surface area contributed by atoms with Crippen molar-refractivity contribution in [3.8, 4) is 6.07 Å². The molecule has 27 heavy (non-hydrogen) atoms. The van der Waals surface area contributed by atoms with Crippen LogP contribution in [0.5, 0.6) is 0 Å². The number of nitrogens with one attached hydrogen (secondary N) is 1. The van der Waals surface area contributed by atoms with E-state index in [0.717, 1.165) is 44.1 Å². The number of aromatic amines is 1. The molecule has 140 valence electrons. The third-order valence-corrected chi connectivity index (χ3v) is 5.71. The molecule has 2 aromatic heterocycles. The average molecular weight is 368 g/mol. The fraction of sp³-hybridized carbons (Fsp3) is 0.421. The summed E-state index contributed by atoms with van der Waals surface area (Å²) in [6.45, 7) is 4.82. The maximum Gasteiger partial charge on any atom is 0.251 e. The Bertz CT molecular complexity index is 1070. The third kappa shape index (κ3) is 2.84. The van der Waals surface area contributed by atoms with E-state index in [1.54, 1.807) is 4.52 Å². The summed E-state index contributed by atoms with van der Waals surface area (Å²) in [5.41, 5.74) is 8.13. The number of nitrogens with zero attached hydrogens (tertiary/aromatic N) is 4. The van der Waals surface area contributed by atoms with Crippen LogP contribution in [0.2, 0.25) is 0 Å². The molecule has 7 nitrogen and oxygen atoms in total. The molecule has 0 spiro atoms. The lowest BCUT2D eigenvalue weighted by Gasteiger charge is -2.38. The number of hydrogen-bond donors (Lipinski definition) is 2. The first kappa shape index (κ1) is 17.5. The third-order valence-electron chi connectivity index (χ3n) is 5.71. The molecule has 1 aromatic carbocycles. The molecule has 8 heteroatoms. The maximum absolute atomic E-state index is 13.9. The van der Waals surface area contributed by atoms with E-state index in [1.807, 2.05) is 6.20 Å². The normalized spacial score (nSPS) is 17.4. The topological polar surface area (TPSA) is 103 Å². The van der Waals surface area contributed by atoms with Crippen LogP contribution < -0.4 is 5.73 Å². The number of rotatable bonds is 4. The molecule has 0 atom stereocenters. The van der Waals surface area contributed by atoms with E-state index in [9.17, 15) is 9.18 Å². The van der Waals surface area contributed by atoms with Gasteiger partial charge in [-0.05, 0) is 32.0 Å². The molecule has 3 heterocycles. The van der Waals surface area contributed by atoms with Crippen LogP contribution in [0.3, 0.4) is 0 Å². The summed E-state index contributed by atoms with van der Waals surface area (Å²) in [6.07, 6.45) is 4.33. The number of carbonyl (C=O) groups is 1. The average Bonchev–Trinajstić information content (AvgIpc) is 3.19. The Morgan fingerprint density at radius 2 is 2.19 bits per heavy atom. The molecule has 0 bridgehead atoms. The van der Waals surface area contributed by atoms with Gasteiger partial charge in [-0.2, -0.15) is 5.26 Å². The van der Waals surface area contributed by atoms with E-state index in [2.05, 4.69) is 28.0 Å². The van der Waals surface area contributed by atoms with E-state index >= 15 is 0 Å². The number of nitrogens with two attached hydrogens (primary N) is 1. The monoisotopic (exact) mass is 368 g/mol. The van der Waals surface area contributed by atoms with Crippen LogP contribution in [0.4, 0.5) is 4.39 Å². The van der Waals surface area contributed by atoms with Gasteiger partial charge in [-0.15, -0.1) is 0 Å². The van der Waals surface area contributed by atoms with Crippen molar-refractivity contribution in [1.82, 2.24) is 19.5 Å². The van der Waals surface area contributed by atoms with E-state index in [4.69, 9.17) is 11.0 Å². The zero-order valence-electron chi connectivity index (χ0n) is 15.1. The fourth-order valence-electron chi connectivity index (χ4n) is 4.05. The zero-order valence-corrected chi connectivity index (χ0v) is 15.1. The molecule has 4 rings (SSSR count). The Morgan fingerprint density at radius 3 is 2.85 bits per heavy atom. The summed E-state index contributed by atoms with van der Waals surface area (Å²) in [7, 11) is 0. The minimum atomic E-state index is -0.686. The van der Waals surface area contributed by atoms with Crippen molar-refractivity contribution < 1.29 is 9.18 Å². The second kappa shape index (κ2) is 6.35. The number of hydrogen-bond acceptors (Lipinski definition) is 4. The summed E-state index contributed by atoms with van der Waals surface area (Å²) < 4.78 is 15.6. The van der Waals surface area contributed by atoms with Gasteiger partial charge in [0.05, 0.1) is 17.1 Å². The largest absolute Gasteiger partial charge is 0.366 e. The van der Waals surface area contributed by atoms with Gasteiger partial charge < -0.3 is 10.6 Å². The molecule has 0 aliphatic carbocycles. The molecule has 0 saturated carbocycles. The first-order chi connectivity index (χ1) is 12.9. The quantitative estimate of drug-likeness (QED) is 0.737. The minimum absolute atomic E-state index is 0.0861. The van der Waals surface area contributed by atoms with Gasteiger partial charge in [0.15, 0.2) is 5.65 Å². The molecule has 1 fully saturated rings. The Kier molecular flexibility index (Phi) is 4.12. The molecule has 0 unspecified atom stereocenters. The summed E-state index contributed by atoms with van der Waals surface area (Å²) in [4.78, 5) is 18.7. The van der Waals surface area contributed by atoms with Crippen molar-refractivity contribution in [2.75, 3.05) is 19.6 Å². The van der Waals surface area contributed by atoms with Gasteiger partial charge in [0.1, 0.15) is 11.3 Å². The van der Waals surface area contributed by atoms with Gasteiger partial charge in [0.2, 0.25) is 0 Å². The van der Waals surface area contributed by atoms with E-state index < -0.39 is 11.7 Å². The van der Waals surface area contributed by atoms with Crippen molar-refractivity contribution >= 4 is 22.6 Å². The van der Waals surface area contributed by atoms with Gasteiger partial charge in [0, 0.05) is 36.2 Å². The van der Waals surface area contributed by atoms with Crippen LogP contribution >= 0.6 is 0 Å². The molecule has 0 radical (unpaired) electrons. The molecular formula is C19H21FN6O. The van der Waals surface area contributed by atoms with Gasteiger partial charge in [-0.1, -0.05) is 6.92 Å². The van der Waals surface area contributed by atoms with Crippen LogP contribution in [0, 0.1) is 17.1 Å². The molecule has 3 aromatic rings. The lowest BCUT2D eigenvalue weighted by Crippen LogP contribution is -2.41. The molecule has 3 N–H and O–H groups in total. The highest BCUT2D eigenvalue weighted by molar-refractivity contribution is 6.05. The molecule has 1 amide bonds. The van der Waals surface area contributed by atoms with Gasteiger partial charge in [0.25, 0.3) is 5.91 Å². The Morgan fingerprint density at radius 1 is 1.44 bits per heavy atom. The predicted molar refractivity (Wildman–Crippen MR) is 98.8 cm³/mol. The first-order valence-electron chi connectivity index (χ1n) is 9.01. The predicted octanol–water partition coefficient (Wildman–Crippen LogP) is 2.32. The molecule has 1 aliphatic heterocycles. The van der Waals surface area contributed by atoms with E-state index in [-0.39, 0.29) is 11.0 Å². The number of halogens is 1. The van der Waals surface area contributed by atoms with Crippen molar-refractivity contribution in [3.05, 3.63) is 35.3 Å². The summed E-state index contributed by atoms with van der Waals surface area (Å²) >= 11 is 0. The number of aromatic nitrogens is 3. The fourth-order valence-corrected chi connectivity index (χ4v) is 4.05. The van der Waals surface area contributed by atoms with Crippen LogP contribution in [0.15, 0.2) is 18.3 Å². The first-order valence-corrected chi connectivity index (χ1v) is 9.01. The lowest BCUT2D eigenvalue weighted by molar-refractivity contribution is 0.100. The lowest BCUT2D eigenvalue weighted by atomic mass is 9.75. The number of carbonyl (C=O) groups excluding carboxylic acids is 1. The van der Waals surface area contributed by atoms with Crippen LogP contribution in [0.25, 0.3) is 16.7 Å². The Balaban J connectivity index is 1.75. The number of H-pyrrole nitrogens is 1. The maximum atomic E-state index is 13.9. The summed E-state index contributed by atoms with van der Waals surface area (Å²) in [5.74, 6) is -1.22. The van der Waals surface area contributed by atoms with Crippen LogP contribution in [0.1, 0.15) is 42.1 Å². The van der Waals surface area contributed by atoms with Gasteiger partial charge >= 0.3 is 0 Å². The number of fused-ring (bicyclic) bond motifs is 3. The van der Waals surface area contributed by atoms with E-state index in [0.29, 0.717) is 23.1 Å². The van der Waals surface area contributed by atoms with Crippen LogP contribution in [-0.4, -0.2) is 45.0 Å².